The average molecular weight is 241 g/mol. The maximum absolute atomic E-state index is 8.53. The van der Waals surface area contributed by atoms with Crippen molar-refractivity contribution >= 4 is 26.8 Å². The Morgan fingerprint density at radius 2 is 2.31 bits per heavy atom. The van der Waals surface area contributed by atoms with Crippen LogP contribution in [0.15, 0.2) is 28.9 Å². The van der Waals surface area contributed by atoms with Crippen molar-refractivity contribution in [2.45, 2.75) is 6.54 Å². The van der Waals surface area contributed by atoms with Crippen LogP contribution in [0, 0.1) is 0 Å². The Hall–Kier alpha value is -0.840. The lowest BCUT2D eigenvalue weighted by Gasteiger charge is -1.98. The van der Waals surface area contributed by atoms with Crippen molar-refractivity contribution in [2.75, 3.05) is 0 Å². The Kier molecular flexibility index (Phi) is 2.35. The van der Waals surface area contributed by atoms with E-state index in [1.807, 2.05) is 24.4 Å². The highest BCUT2D eigenvalue weighted by atomic mass is 79.9. The third kappa shape index (κ3) is 1.60. The predicted octanol–water partition coefficient (Wildman–Crippen LogP) is 2.41. The fraction of sp³-hybridized carbons (Fsp3) is 0.111. The first-order valence-electron chi connectivity index (χ1n) is 3.94. The number of halogens is 1. The zero-order valence-corrected chi connectivity index (χ0v) is 8.43. The summed E-state index contributed by atoms with van der Waals surface area (Å²) in [4.78, 5) is 3.13. The van der Waals surface area contributed by atoms with Crippen molar-refractivity contribution in [1.29, 1.82) is 0 Å². The van der Waals surface area contributed by atoms with Gasteiger partial charge in [-0.3, -0.25) is 0 Å². The molecule has 68 valence electrons. The summed E-state index contributed by atoms with van der Waals surface area (Å²) in [5, 5.41) is 9.68. The molecule has 0 atom stereocenters. The van der Waals surface area contributed by atoms with Crippen LogP contribution in [0.25, 0.3) is 10.9 Å². The summed E-state index contributed by atoms with van der Waals surface area (Å²) in [5.74, 6) is 0. The van der Waals surface area contributed by atoms with Crippen LogP contribution in [0.2, 0.25) is 0 Å². The second kappa shape index (κ2) is 3.49. The Bertz CT molecular complexity index is 424. The molecule has 0 spiro atoms. The quantitative estimate of drug-likeness (QED) is 0.707. The normalized spacial score (nSPS) is 10.9. The molecule has 3 N–H and O–H groups in total. The second-order valence-corrected chi connectivity index (χ2v) is 3.71. The maximum Gasteiger partial charge on any atom is 0.0468 e. The minimum absolute atomic E-state index is 0.465. The summed E-state index contributed by atoms with van der Waals surface area (Å²) >= 11 is 3.43. The van der Waals surface area contributed by atoms with E-state index in [2.05, 4.69) is 26.4 Å². The van der Waals surface area contributed by atoms with E-state index >= 15 is 0 Å². The Morgan fingerprint density at radius 3 is 3.08 bits per heavy atom. The molecular formula is C9H9BrN2O. The van der Waals surface area contributed by atoms with Gasteiger partial charge in [0.25, 0.3) is 0 Å². The molecule has 0 fully saturated rings. The molecule has 0 amide bonds. The van der Waals surface area contributed by atoms with Crippen molar-refractivity contribution < 1.29 is 5.21 Å². The first-order valence-corrected chi connectivity index (χ1v) is 4.73. The molecule has 2 rings (SSSR count). The number of hydrogen-bond acceptors (Lipinski definition) is 2. The van der Waals surface area contributed by atoms with Crippen LogP contribution < -0.4 is 5.48 Å². The van der Waals surface area contributed by atoms with E-state index in [0.717, 1.165) is 20.9 Å². The van der Waals surface area contributed by atoms with Gasteiger partial charge in [-0.1, -0.05) is 12.1 Å². The third-order valence-electron chi connectivity index (χ3n) is 1.98. The number of nitrogens with one attached hydrogen (secondary N) is 2. The SMILES string of the molecule is ONCc1ccc2c(Br)c[nH]c2c1. The topological polar surface area (TPSA) is 48.0 Å². The Morgan fingerprint density at radius 1 is 1.46 bits per heavy atom. The standard InChI is InChI=1S/C9H9BrN2O/c10-8-5-11-9-3-6(4-12-13)1-2-7(8)9/h1-3,5,11-13H,4H2. The zero-order chi connectivity index (χ0) is 9.26. The van der Waals surface area contributed by atoms with Crippen molar-refractivity contribution in [3.8, 4) is 0 Å². The number of benzene rings is 1. The van der Waals surface area contributed by atoms with Crippen molar-refractivity contribution in [3.63, 3.8) is 0 Å². The van der Waals surface area contributed by atoms with Gasteiger partial charge < -0.3 is 10.2 Å². The molecule has 0 unspecified atom stereocenters. The first-order chi connectivity index (χ1) is 6.31. The number of aromatic nitrogens is 1. The van der Waals surface area contributed by atoms with E-state index in [4.69, 9.17) is 5.21 Å². The van der Waals surface area contributed by atoms with Gasteiger partial charge >= 0.3 is 0 Å². The van der Waals surface area contributed by atoms with E-state index in [0.29, 0.717) is 6.54 Å². The van der Waals surface area contributed by atoms with Gasteiger partial charge in [0.05, 0.1) is 0 Å². The third-order valence-corrected chi connectivity index (χ3v) is 2.63. The molecule has 0 saturated heterocycles. The molecule has 1 heterocycles. The molecule has 0 aliphatic rings. The molecule has 0 radical (unpaired) electrons. The monoisotopic (exact) mass is 240 g/mol. The van der Waals surface area contributed by atoms with Gasteiger partial charge in [-0.25, -0.2) is 5.48 Å². The van der Waals surface area contributed by atoms with E-state index in [1.54, 1.807) is 0 Å². The number of aromatic amines is 1. The highest BCUT2D eigenvalue weighted by Gasteiger charge is 2.00. The summed E-state index contributed by atoms with van der Waals surface area (Å²) in [6, 6.07) is 6.00. The number of fused-ring (bicyclic) bond motifs is 1. The van der Waals surface area contributed by atoms with Gasteiger partial charge in [0.1, 0.15) is 0 Å². The highest BCUT2D eigenvalue weighted by molar-refractivity contribution is 9.10. The van der Waals surface area contributed by atoms with E-state index in [1.165, 1.54) is 0 Å². The zero-order valence-electron chi connectivity index (χ0n) is 6.84. The molecule has 4 heteroatoms. The van der Waals surface area contributed by atoms with Gasteiger partial charge in [-0.15, -0.1) is 0 Å². The largest absolute Gasteiger partial charge is 0.360 e. The van der Waals surface area contributed by atoms with Gasteiger partial charge in [0, 0.05) is 28.1 Å². The number of H-pyrrole nitrogens is 1. The number of rotatable bonds is 2. The summed E-state index contributed by atoms with van der Waals surface area (Å²) in [7, 11) is 0. The fourth-order valence-electron chi connectivity index (χ4n) is 1.34. The van der Waals surface area contributed by atoms with Gasteiger partial charge in [-0.05, 0) is 27.6 Å². The maximum atomic E-state index is 8.53. The Balaban J connectivity index is 2.50. The van der Waals surface area contributed by atoms with Gasteiger partial charge in [-0.2, -0.15) is 0 Å². The van der Waals surface area contributed by atoms with E-state index in [-0.39, 0.29) is 0 Å². The van der Waals surface area contributed by atoms with Crippen molar-refractivity contribution in [2.24, 2.45) is 0 Å². The van der Waals surface area contributed by atoms with Crippen LogP contribution in [0.5, 0.6) is 0 Å². The fourth-order valence-corrected chi connectivity index (χ4v) is 1.80. The smallest absolute Gasteiger partial charge is 0.0468 e. The van der Waals surface area contributed by atoms with E-state index in [9.17, 15) is 0 Å². The Labute approximate surface area is 83.9 Å². The molecule has 1 aromatic heterocycles. The molecule has 1 aromatic carbocycles. The van der Waals surface area contributed by atoms with Gasteiger partial charge in [0.15, 0.2) is 0 Å². The molecule has 0 saturated carbocycles. The lowest BCUT2D eigenvalue weighted by Crippen LogP contribution is -2.05. The van der Waals surface area contributed by atoms with Gasteiger partial charge in [0.2, 0.25) is 0 Å². The van der Waals surface area contributed by atoms with Crippen LogP contribution in [0.4, 0.5) is 0 Å². The van der Waals surface area contributed by atoms with Crippen LogP contribution in [0.3, 0.4) is 0 Å². The predicted molar refractivity (Wildman–Crippen MR) is 54.6 cm³/mol. The van der Waals surface area contributed by atoms with Crippen LogP contribution in [0.1, 0.15) is 5.56 Å². The second-order valence-electron chi connectivity index (χ2n) is 2.85. The minimum Gasteiger partial charge on any atom is -0.360 e. The highest BCUT2D eigenvalue weighted by Crippen LogP contribution is 2.23. The summed E-state index contributed by atoms with van der Waals surface area (Å²) in [6.07, 6.45) is 1.90. The van der Waals surface area contributed by atoms with Crippen molar-refractivity contribution in [1.82, 2.24) is 10.5 Å². The average Bonchev–Trinajstić information content (AvgIpc) is 2.48. The molecule has 2 aromatic rings. The molecule has 0 bridgehead atoms. The summed E-state index contributed by atoms with van der Waals surface area (Å²) in [5.41, 5.74) is 4.24. The molecule has 0 aliphatic carbocycles. The number of hydrogen-bond donors (Lipinski definition) is 3. The van der Waals surface area contributed by atoms with E-state index < -0.39 is 0 Å². The van der Waals surface area contributed by atoms with Crippen LogP contribution >= 0.6 is 15.9 Å². The molecule has 3 nitrogen and oxygen atoms in total. The minimum atomic E-state index is 0.465. The molecule has 13 heavy (non-hydrogen) atoms. The molecular weight excluding hydrogens is 232 g/mol. The first kappa shape index (κ1) is 8.74. The summed E-state index contributed by atoms with van der Waals surface area (Å²) < 4.78 is 1.06. The van der Waals surface area contributed by atoms with Crippen LogP contribution in [-0.2, 0) is 6.54 Å². The summed E-state index contributed by atoms with van der Waals surface area (Å²) in [6.45, 7) is 0.465. The van der Waals surface area contributed by atoms with Crippen molar-refractivity contribution in [3.05, 3.63) is 34.4 Å². The lowest BCUT2D eigenvalue weighted by atomic mass is 10.2. The lowest BCUT2D eigenvalue weighted by molar-refractivity contribution is 0.161. The number of hydroxylamine groups is 1. The molecule has 0 aliphatic heterocycles. The van der Waals surface area contributed by atoms with Crippen LogP contribution in [-0.4, -0.2) is 10.2 Å².